The van der Waals surface area contributed by atoms with Gasteiger partial charge in [0.1, 0.15) is 28.0 Å². The third-order valence-corrected chi connectivity index (χ3v) is 11.2. The topological polar surface area (TPSA) is 142 Å². The molecular formula is C31H30F2N4O6S2. The maximum absolute atomic E-state index is 14.3. The van der Waals surface area contributed by atoms with Gasteiger partial charge >= 0.3 is 0 Å². The van der Waals surface area contributed by atoms with E-state index in [2.05, 4.69) is 15.0 Å². The molecule has 1 amide bonds. The lowest BCUT2D eigenvalue weighted by Gasteiger charge is -2.32. The van der Waals surface area contributed by atoms with Crippen molar-refractivity contribution in [2.24, 2.45) is 0 Å². The minimum absolute atomic E-state index is 0.00448. The molecule has 0 spiro atoms. The second kappa shape index (κ2) is 11.6. The summed E-state index contributed by atoms with van der Waals surface area (Å²) in [6.45, 7) is 1.70. The van der Waals surface area contributed by atoms with Crippen molar-refractivity contribution in [3.8, 4) is 11.3 Å². The van der Waals surface area contributed by atoms with Crippen LogP contribution in [0.5, 0.6) is 0 Å². The predicted octanol–water partition coefficient (Wildman–Crippen LogP) is 5.55. The first-order valence-corrected chi connectivity index (χ1v) is 17.4. The minimum Gasteiger partial charge on any atom is -0.455 e. The maximum atomic E-state index is 14.3. The van der Waals surface area contributed by atoms with E-state index in [0.29, 0.717) is 34.7 Å². The number of anilines is 1. The average molecular weight is 657 g/mol. The van der Waals surface area contributed by atoms with Crippen molar-refractivity contribution in [3.05, 3.63) is 83.4 Å². The molecule has 3 aromatic carbocycles. The van der Waals surface area contributed by atoms with Gasteiger partial charge in [0.05, 0.1) is 22.5 Å². The lowest BCUT2D eigenvalue weighted by atomic mass is 9.89. The largest absolute Gasteiger partial charge is 0.455 e. The molecule has 10 nitrogen and oxygen atoms in total. The number of piperidine rings is 1. The number of benzene rings is 3. The Balaban J connectivity index is 1.47. The van der Waals surface area contributed by atoms with Crippen molar-refractivity contribution >= 4 is 53.5 Å². The van der Waals surface area contributed by atoms with Gasteiger partial charge in [-0.1, -0.05) is 12.1 Å². The summed E-state index contributed by atoms with van der Waals surface area (Å²) in [6, 6.07) is 14.3. The summed E-state index contributed by atoms with van der Waals surface area (Å²) in [7, 11) is -6.39. The first-order chi connectivity index (χ1) is 21.4. The molecule has 0 radical (unpaired) electrons. The lowest BCUT2D eigenvalue weighted by molar-refractivity contribution is 0.0964. The third-order valence-electron chi connectivity index (χ3n) is 8.09. The van der Waals surface area contributed by atoms with Gasteiger partial charge in [0.15, 0.2) is 0 Å². The van der Waals surface area contributed by atoms with Gasteiger partial charge < -0.3 is 14.7 Å². The van der Waals surface area contributed by atoms with E-state index in [9.17, 15) is 30.4 Å². The molecule has 1 fully saturated rings. The third kappa shape index (κ3) is 5.69. The molecular weight excluding hydrogens is 626 g/mol. The molecule has 1 aliphatic rings. The molecule has 5 aromatic rings. The molecule has 1 atom stereocenters. The molecule has 14 heteroatoms. The number of amides is 1. The second-order valence-corrected chi connectivity index (χ2v) is 14.8. The predicted molar refractivity (Wildman–Crippen MR) is 167 cm³/mol. The number of hydrogen-bond donors (Lipinski definition) is 3. The van der Waals surface area contributed by atoms with Crippen molar-refractivity contribution < 1.29 is 34.8 Å². The van der Waals surface area contributed by atoms with Crippen LogP contribution in [0.25, 0.3) is 33.2 Å². The molecule has 3 heterocycles. The van der Waals surface area contributed by atoms with Gasteiger partial charge in [-0.25, -0.2) is 25.6 Å². The Bertz CT molecular complexity index is 2160. The second-order valence-electron chi connectivity index (χ2n) is 10.9. The number of aromatic amines is 1. The van der Waals surface area contributed by atoms with Gasteiger partial charge in [-0.2, -0.15) is 4.31 Å². The van der Waals surface area contributed by atoms with Gasteiger partial charge in [0.25, 0.3) is 15.9 Å². The highest BCUT2D eigenvalue weighted by atomic mass is 32.2. The Kier molecular flexibility index (Phi) is 7.91. The fourth-order valence-corrected chi connectivity index (χ4v) is 7.95. The monoisotopic (exact) mass is 656 g/mol. The number of H-pyrrole nitrogens is 1. The Morgan fingerprint density at radius 3 is 2.51 bits per heavy atom. The number of sulfonamides is 2. The molecule has 0 unspecified atom stereocenters. The Morgan fingerprint density at radius 2 is 1.82 bits per heavy atom. The standard InChI is InChI=1S/C31H30F2N4O6S2/c1-3-44(39,40)36-25-16-26-23(28(31(38)34-2)30(43-26)18-9-11-21(32)12-10-18)15-22(25)20-7-5-13-37(17-20)45(41,42)27-14-19-6-4-8-24(33)29(19)35-27/h4,6,8-12,14-16,20,35-36H,3,5,7,13,17H2,1-2H3,(H,34,38)/t20-/m1/s1. The van der Waals surface area contributed by atoms with Gasteiger partial charge in [-0.05, 0) is 73.7 Å². The van der Waals surface area contributed by atoms with Crippen molar-refractivity contribution in [2.75, 3.05) is 30.6 Å². The van der Waals surface area contributed by atoms with E-state index in [4.69, 9.17) is 4.42 Å². The molecule has 1 saturated heterocycles. The van der Waals surface area contributed by atoms with Crippen LogP contribution in [0.3, 0.4) is 0 Å². The van der Waals surface area contributed by atoms with Crippen molar-refractivity contribution in [1.82, 2.24) is 14.6 Å². The molecule has 0 aliphatic carbocycles. The van der Waals surface area contributed by atoms with Crippen LogP contribution in [0, 0.1) is 11.6 Å². The van der Waals surface area contributed by atoms with Crippen LogP contribution in [-0.4, -0.2) is 57.9 Å². The van der Waals surface area contributed by atoms with E-state index in [0.717, 1.165) is 0 Å². The molecule has 45 heavy (non-hydrogen) atoms. The van der Waals surface area contributed by atoms with Crippen molar-refractivity contribution in [2.45, 2.75) is 30.7 Å². The number of carbonyl (C=O) groups excluding carboxylic acids is 1. The van der Waals surface area contributed by atoms with Crippen LogP contribution in [0.2, 0.25) is 0 Å². The zero-order chi connectivity index (χ0) is 32.1. The van der Waals surface area contributed by atoms with Crippen LogP contribution >= 0.6 is 0 Å². The number of furan rings is 1. The first-order valence-electron chi connectivity index (χ1n) is 14.3. The SMILES string of the molecule is CCS(=O)(=O)Nc1cc2oc(-c3ccc(F)cc3)c(C(=O)NC)c2cc1[C@@H]1CCCN(S(=O)(=O)c2cc3cccc(F)c3[nH]2)C1. The van der Waals surface area contributed by atoms with Gasteiger partial charge in [-0.3, -0.25) is 9.52 Å². The van der Waals surface area contributed by atoms with Crippen LogP contribution in [0.15, 0.2) is 70.1 Å². The number of nitrogens with zero attached hydrogens (tertiary/aromatic N) is 1. The van der Waals surface area contributed by atoms with E-state index in [1.54, 1.807) is 12.1 Å². The number of fused-ring (bicyclic) bond motifs is 2. The summed E-state index contributed by atoms with van der Waals surface area (Å²) >= 11 is 0. The maximum Gasteiger partial charge on any atom is 0.258 e. The molecule has 0 saturated carbocycles. The number of carbonyl (C=O) groups is 1. The smallest absolute Gasteiger partial charge is 0.258 e. The van der Waals surface area contributed by atoms with E-state index >= 15 is 0 Å². The molecule has 0 bridgehead atoms. The highest BCUT2D eigenvalue weighted by Gasteiger charge is 2.34. The van der Waals surface area contributed by atoms with E-state index in [1.807, 2.05) is 0 Å². The lowest BCUT2D eigenvalue weighted by Crippen LogP contribution is -2.39. The van der Waals surface area contributed by atoms with E-state index in [1.165, 1.54) is 66.8 Å². The molecule has 1 aliphatic heterocycles. The number of rotatable bonds is 8. The summed E-state index contributed by atoms with van der Waals surface area (Å²) < 4.78 is 91.0. The van der Waals surface area contributed by atoms with Gasteiger partial charge in [-0.15, -0.1) is 0 Å². The highest BCUT2D eigenvalue weighted by Crippen LogP contribution is 2.41. The Hall–Kier alpha value is -4.27. The molecule has 2 aromatic heterocycles. The number of hydrogen-bond acceptors (Lipinski definition) is 6. The summed E-state index contributed by atoms with van der Waals surface area (Å²) in [5, 5.41) is 3.26. The summed E-state index contributed by atoms with van der Waals surface area (Å²) in [5.41, 5.74) is 1.59. The van der Waals surface area contributed by atoms with Crippen LogP contribution < -0.4 is 10.0 Å². The van der Waals surface area contributed by atoms with Crippen molar-refractivity contribution in [1.29, 1.82) is 0 Å². The van der Waals surface area contributed by atoms with Crippen LogP contribution in [0.4, 0.5) is 14.5 Å². The number of aromatic nitrogens is 1. The average Bonchev–Trinajstić information content (AvgIpc) is 3.64. The normalized spacial score (nSPS) is 16.3. The van der Waals surface area contributed by atoms with E-state index < -0.39 is 43.5 Å². The summed E-state index contributed by atoms with van der Waals surface area (Å²) in [5.74, 6) is -2.03. The minimum atomic E-state index is -4.08. The van der Waals surface area contributed by atoms with E-state index in [-0.39, 0.29) is 52.0 Å². The first kappa shape index (κ1) is 30.7. The Morgan fingerprint density at radius 1 is 1.07 bits per heavy atom. The zero-order valence-corrected chi connectivity index (χ0v) is 26.0. The summed E-state index contributed by atoms with van der Waals surface area (Å²) in [6.07, 6.45) is 0.989. The number of para-hydroxylation sites is 1. The fraction of sp³-hybridized carbons (Fsp3) is 0.258. The quantitative estimate of drug-likeness (QED) is 0.200. The number of nitrogens with one attached hydrogen (secondary N) is 3. The Labute approximate surface area is 258 Å². The van der Waals surface area contributed by atoms with Crippen LogP contribution in [0.1, 0.15) is 41.6 Å². The fourth-order valence-electron chi connectivity index (χ4n) is 5.77. The van der Waals surface area contributed by atoms with Gasteiger partial charge in [0, 0.05) is 42.5 Å². The summed E-state index contributed by atoms with van der Waals surface area (Å²) in [4.78, 5) is 15.9. The molecule has 3 N–H and O–H groups in total. The van der Waals surface area contributed by atoms with Gasteiger partial charge in [0.2, 0.25) is 10.0 Å². The van der Waals surface area contributed by atoms with Crippen LogP contribution in [-0.2, 0) is 20.0 Å². The van der Waals surface area contributed by atoms with Crippen molar-refractivity contribution in [3.63, 3.8) is 0 Å². The molecule has 6 rings (SSSR count). The highest BCUT2D eigenvalue weighted by molar-refractivity contribution is 7.92. The molecule has 236 valence electrons. The number of halogens is 2. The zero-order valence-electron chi connectivity index (χ0n) is 24.4.